The lowest BCUT2D eigenvalue weighted by Gasteiger charge is -2.28. The highest BCUT2D eigenvalue weighted by molar-refractivity contribution is 7.11. The van der Waals surface area contributed by atoms with Gasteiger partial charge in [-0.05, 0) is 23.0 Å². The highest BCUT2D eigenvalue weighted by Crippen LogP contribution is 2.42. The van der Waals surface area contributed by atoms with Gasteiger partial charge in [-0.1, -0.05) is 52.9 Å². The van der Waals surface area contributed by atoms with E-state index < -0.39 is 6.09 Å². The van der Waals surface area contributed by atoms with E-state index in [2.05, 4.69) is 51.8 Å². The van der Waals surface area contributed by atoms with E-state index in [1.807, 2.05) is 17.5 Å². The Labute approximate surface area is 153 Å². The molecule has 0 saturated heterocycles. The Morgan fingerprint density at radius 1 is 1.12 bits per heavy atom. The van der Waals surface area contributed by atoms with Crippen LogP contribution in [0.4, 0.5) is 4.79 Å². The van der Waals surface area contributed by atoms with Crippen molar-refractivity contribution in [2.24, 2.45) is 0 Å². The molecule has 1 amide bonds. The van der Waals surface area contributed by atoms with Crippen LogP contribution in [-0.4, -0.2) is 23.2 Å². The van der Waals surface area contributed by atoms with Crippen LogP contribution in [0.5, 0.6) is 10.9 Å². The molecule has 2 rings (SSSR count). The van der Waals surface area contributed by atoms with Crippen LogP contribution in [0.2, 0.25) is 0 Å². The summed E-state index contributed by atoms with van der Waals surface area (Å²) in [5, 5.41) is 15.3. The predicted octanol–water partition coefficient (Wildman–Crippen LogP) is 4.83. The molecule has 0 aliphatic heterocycles. The number of phenolic OH excluding ortho intramolecular Hbond substituents is 1. The summed E-state index contributed by atoms with van der Waals surface area (Å²) in [5.41, 5.74) is 2.94. The third kappa shape index (κ3) is 4.31. The Bertz CT molecular complexity index is 748. The molecule has 6 heteroatoms. The summed E-state index contributed by atoms with van der Waals surface area (Å²) in [5.74, 6) is 0.334. The standard InChI is InChI=1S/C19H26N2O3S/c1-18(2,3)12-8-11(9-13(15(12)22)19(4,5)6)14-10-25-17(21-14)24-16(23)20-7/h8-10,22H,1-7H3,(H,20,23). The van der Waals surface area contributed by atoms with E-state index >= 15 is 0 Å². The Morgan fingerprint density at radius 2 is 1.64 bits per heavy atom. The fourth-order valence-electron chi connectivity index (χ4n) is 2.49. The molecule has 1 aromatic carbocycles. The average Bonchev–Trinajstić information content (AvgIpc) is 2.93. The Morgan fingerprint density at radius 3 is 2.08 bits per heavy atom. The number of ether oxygens (including phenoxy) is 1. The van der Waals surface area contributed by atoms with E-state index in [0.717, 1.165) is 22.4 Å². The molecule has 2 N–H and O–H groups in total. The molecular formula is C19H26N2O3S. The monoisotopic (exact) mass is 362 g/mol. The van der Waals surface area contributed by atoms with Gasteiger partial charge in [-0.2, -0.15) is 0 Å². The molecule has 2 aromatic rings. The van der Waals surface area contributed by atoms with Crippen LogP contribution < -0.4 is 10.1 Å². The van der Waals surface area contributed by atoms with Crippen molar-refractivity contribution in [1.29, 1.82) is 0 Å². The molecule has 0 saturated carbocycles. The first-order valence-corrected chi connectivity index (χ1v) is 9.05. The number of carbonyl (C=O) groups excluding carboxylic acids is 1. The maximum atomic E-state index is 11.3. The number of rotatable bonds is 2. The Balaban J connectivity index is 2.57. The van der Waals surface area contributed by atoms with Crippen LogP contribution in [0.15, 0.2) is 17.5 Å². The summed E-state index contributed by atoms with van der Waals surface area (Å²) in [6, 6.07) is 3.92. The summed E-state index contributed by atoms with van der Waals surface area (Å²) in [6.07, 6.45) is -0.544. The van der Waals surface area contributed by atoms with Crippen LogP contribution in [0, 0.1) is 0 Å². The fourth-order valence-corrected chi connectivity index (χ4v) is 3.17. The van der Waals surface area contributed by atoms with Crippen molar-refractivity contribution in [3.63, 3.8) is 0 Å². The fraction of sp³-hybridized carbons (Fsp3) is 0.474. The molecule has 0 atom stereocenters. The van der Waals surface area contributed by atoms with Gasteiger partial charge in [-0.15, -0.1) is 0 Å². The molecule has 0 unspecified atom stereocenters. The molecule has 0 fully saturated rings. The van der Waals surface area contributed by atoms with Gasteiger partial charge in [0.1, 0.15) is 5.75 Å². The van der Waals surface area contributed by atoms with Crippen LogP contribution in [0.1, 0.15) is 52.7 Å². The maximum Gasteiger partial charge on any atom is 0.414 e. The summed E-state index contributed by atoms with van der Waals surface area (Å²) >= 11 is 1.26. The largest absolute Gasteiger partial charge is 0.507 e. The number of aromatic nitrogens is 1. The second-order valence-corrected chi connectivity index (χ2v) is 8.88. The van der Waals surface area contributed by atoms with Crippen molar-refractivity contribution in [2.45, 2.75) is 52.4 Å². The molecular weight excluding hydrogens is 336 g/mol. The zero-order valence-corrected chi connectivity index (χ0v) is 16.7. The number of phenols is 1. The topological polar surface area (TPSA) is 71.5 Å². The number of nitrogens with one attached hydrogen (secondary N) is 1. The van der Waals surface area contributed by atoms with Crippen molar-refractivity contribution in [1.82, 2.24) is 10.3 Å². The molecule has 0 aliphatic rings. The number of benzene rings is 1. The Kier molecular flexibility index (Phi) is 5.14. The predicted molar refractivity (Wildman–Crippen MR) is 102 cm³/mol. The second-order valence-electron chi connectivity index (χ2n) is 8.06. The van der Waals surface area contributed by atoms with E-state index in [1.165, 1.54) is 18.4 Å². The molecule has 0 aliphatic carbocycles. The quantitative estimate of drug-likeness (QED) is 0.803. The van der Waals surface area contributed by atoms with E-state index in [-0.39, 0.29) is 16.0 Å². The summed E-state index contributed by atoms with van der Waals surface area (Å²) < 4.78 is 5.09. The molecule has 0 radical (unpaired) electrons. The third-order valence-electron chi connectivity index (χ3n) is 3.89. The minimum atomic E-state index is -0.544. The van der Waals surface area contributed by atoms with Crippen molar-refractivity contribution in [3.8, 4) is 22.2 Å². The third-order valence-corrected chi connectivity index (χ3v) is 4.61. The van der Waals surface area contributed by atoms with Gasteiger partial charge in [0.05, 0.1) is 5.69 Å². The molecule has 1 heterocycles. The molecule has 1 aromatic heterocycles. The minimum absolute atomic E-state index is 0.211. The van der Waals surface area contributed by atoms with Crippen LogP contribution in [0.3, 0.4) is 0 Å². The summed E-state index contributed by atoms with van der Waals surface area (Å²) in [4.78, 5) is 15.7. The number of thiazole rings is 1. The van der Waals surface area contributed by atoms with Crippen LogP contribution >= 0.6 is 11.3 Å². The molecule has 25 heavy (non-hydrogen) atoms. The zero-order chi connectivity index (χ0) is 19.0. The lowest BCUT2D eigenvalue weighted by molar-refractivity contribution is 0.203. The van der Waals surface area contributed by atoms with Gasteiger partial charge in [0.25, 0.3) is 5.19 Å². The van der Waals surface area contributed by atoms with Crippen molar-refractivity contribution < 1.29 is 14.6 Å². The van der Waals surface area contributed by atoms with Gasteiger partial charge in [-0.3, -0.25) is 0 Å². The number of aromatic hydroxyl groups is 1. The molecule has 0 spiro atoms. The zero-order valence-electron chi connectivity index (χ0n) is 15.9. The van der Waals surface area contributed by atoms with Gasteiger partial charge < -0.3 is 15.2 Å². The SMILES string of the molecule is CNC(=O)Oc1nc(-c2cc(C(C)(C)C)c(O)c(C(C)(C)C)c2)cs1. The van der Waals surface area contributed by atoms with Gasteiger partial charge in [0.2, 0.25) is 0 Å². The number of hydrogen-bond donors (Lipinski definition) is 2. The molecule has 136 valence electrons. The highest BCUT2D eigenvalue weighted by atomic mass is 32.1. The summed E-state index contributed by atoms with van der Waals surface area (Å²) in [7, 11) is 1.50. The van der Waals surface area contributed by atoms with Crippen LogP contribution in [0.25, 0.3) is 11.3 Å². The van der Waals surface area contributed by atoms with E-state index in [9.17, 15) is 9.90 Å². The first-order valence-electron chi connectivity index (χ1n) is 8.17. The van der Waals surface area contributed by atoms with Crippen molar-refractivity contribution >= 4 is 17.4 Å². The van der Waals surface area contributed by atoms with Crippen molar-refractivity contribution in [3.05, 3.63) is 28.6 Å². The smallest absolute Gasteiger partial charge is 0.414 e. The minimum Gasteiger partial charge on any atom is -0.507 e. The summed E-state index contributed by atoms with van der Waals surface area (Å²) in [6.45, 7) is 12.4. The first kappa shape index (κ1) is 19.2. The second kappa shape index (κ2) is 6.67. The number of hydrogen-bond acceptors (Lipinski definition) is 5. The highest BCUT2D eigenvalue weighted by Gasteiger charge is 2.27. The van der Waals surface area contributed by atoms with Gasteiger partial charge >= 0.3 is 6.09 Å². The van der Waals surface area contributed by atoms with E-state index in [0.29, 0.717) is 5.75 Å². The van der Waals surface area contributed by atoms with Gasteiger partial charge in [0.15, 0.2) is 0 Å². The van der Waals surface area contributed by atoms with Gasteiger partial charge in [-0.25, -0.2) is 9.78 Å². The number of nitrogens with zero attached hydrogens (tertiary/aromatic N) is 1. The molecule has 5 nitrogen and oxygen atoms in total. The van der Waals surface area contributed by atoms with E-state index in [1.54, 1.807) is 0 Å². The maximum absolute atomic E-state index is 11.3. The molecule has 0 bridgehead atoms. The number of carbonyl (C=O) groups is 1. The Hall–Kier alpha value is -2.08. The lowest BCUT2D eigenvalue weighted by atomic mass is 9.78. The van der Waals surface area contributed by atoms with Crippen LogP contribution in [-0.2, 0) is 10.8 Å². The van der Waals surface area contributed by atoms with E-state index in [4.69, 9.17) is 4.74 Å². The lowest BCUT2D eigenvalue weighted by Crippen LogP contribution is -2.21. The van der Waals surface area contributed by atoms with Crippen molar-refractivity contribution in [2.75, 3.05) is 7.05 Å². The number of amides is 1. The van der Waals surface area contributed by atoms with Gasteiger partial charge in [0, 0.05) is 29.1 Å². The normalized spacial score (nSPS) is 12.1. The average molecular weight is 362 g/mol. The first-order chi connectivity index (χ1) is 11.4.